The van der Waals surface area contributed by atoms with Crippen LogP contribution in [0.15, 0.2) is 28.7 Å². The molecule has 1 saturated heterocycles. The van der Waals surface area contributed by atoms with Crippen LogP contribution >= 0.6 is 15.9 Å². The van der Waals surface area contributed by atoms with Crippen LogP contribution < -0.4 is 5.32 Å². The lowest BCUT2D eigenvalue weighted by Gasteiger charge is -2.11. The Morgan fingerprint density at radius 3 is 2.85 bits per heavy atom. The standard InChI is InChI=1S/C10H11BrFN/c11-8-3-1-2-7(4-8)9-5-13-6-10(9)12/h1-4,9-10,13H,5-6H2. The zero-order valence-electron chi connectivity index (χ0n) is 7.13. The highest BCUT2D eigenvalue weighted by Crippen LogP contribution is 2.26. The molecule has 0 radical (unpaired) electrons. The molecule has 0 aromatic heterocycles. The third-order valence-electron chi connectivity index (χ3n) is 2.42. The summed E-state index contributed by atoms with van der Waals surface area (Å²) < 4.78 is 14.3. The number of hydrogen-bond acceptors (Lipinski definition) is 1. The van der Waals surface area contributed by atoms with Crippen molar-refractivity contribution in [3.05, 3.63) is 34.3 Å². The first-order valence-electron chi connectivity index (χ1n) is 4.37. The molecule has 70 valence electrons. The van der Waals surface area contributed by atoms with Crippen LogP contribution in [0.4, 0.5) is 4.39 Å². The van der Waals surface area contributed by atoms with Crippen LogP contribution in [-0.2, 0) is 0 Å². The zero-order valence-corrected chi connectivity index (χ0v) is 8.72. The SMILES string of the molecule is FC1CNCC1c1cccc(Br)c1. The summed E-state index contributed by atoms with van der Waals surface area (Å²) in [5.41, 5.74) is 1.08. The maximum Gasteiger partial charge on any atom is 0.121 e. The quantitative estimate of drug-likeness (QED) is 0.800. The van der Waals surface area contributed by atoms with Gasteiger partial charge in [0, 0.05) is 23.5 Å². The van der Waals surface area contributed by atoms with Gasteiger partial charge in [-0.25, -0.2) is 4.39 Å². The van der Waals surface area contributed by atoms with Crippen LogP contribution in [0.2, 0.25) is 0 Å². The van der Waals surface area contributed by atoms with Crippen molar-refractivity contribution in [2.75, 3.05) is 13.1 Å². The van der Waals surface area contributed by atoms with Crippen LogP contribution in [0.3, 0.4) is 0 Å². The topological polar surface area (TPSA) is 12.0 Å². The monoisotopic (exact) mass is 243 g/mol. The predicted molar refractivity (Wildman–Crippen MR) is 54.6 cm³/mol. The molecule has 0 saturated carbocycles. The summed E-state index contributed by atoms with van der Waals surface area (Å²) in [6.45, 7) is 1.23. The number of hydrogen-bond donors (Lipinski definition) is 1. The molecule has 1 aromatic rings. The summed E-state index contributed by atoms with van der Waals surface area (Å²) in [4.78, 5) is 0. The second kappa shape index (κ2) is 3.76. The maximum absolute atomic E-state index is 13.3. The van der Waals surface area contributed by atoms with Crippen LogP contribution in [-0.4, -0.2) is 19.3 Å². The molecule has 0 bridgehead atoms. The predicted octanol–water partition coefficient (Wildman–Crippen LogP) is 2.47. The summed E-state index contributed by atoms with van der Waals surface area (Å²) in [6, 6.07) is 7.88. The molecule has 2 atom stereocenters. The molecule has 2 unspecified atom stereocenters. The highest BCUT2D eigenvalue weighted by molar-refractivity contribution is 9.10. The molecule has 2 rings (SSSR count). The van der Waals surface area contributed by atoms with Crippen molar-refractivity contribution in [2.24, 2.45) is 0 Å². The minimum absolute atomic E-state index is 0.0255. The van der Waals surface area contributed by atoms with E-state index in [0.29, 0.717) is 6.54 Å². The van der Waals surface area contributed by atoms with E-state index < -0.39 is 6.17 Å². The molecule has 1 nitrogen and oxygen atoms in total. The van der Waals surface area contributed by atoms with Crippen molar-refractivity contribution < 1.29 is 4.39 Å². The first-order chi connectivity index (χ1) is 6.27. The fourth-order valence-corrected chi connectivity index (χ4v) is 2.13. The van der Waals surface area contributed by atoms with Crippen LogP contribution in [0, 0.1) is 0 Å². The second-order valence-corrected chi connectivity index (χ2v) is 4.25. The Bertz CT molecular complexity index is 303. The molecule has 1 aliphatic rings. The van der Waals surface area contributed by atoms with Crippen LogP contribution in [0.25, 0.3) is 0 Å². The van der Waals surface area contributed by atoms with E-state index in [2.05, 4.69) is 21.2 Å². The van der Waals surface area contributed by atoms with E-state index >= 15 is 0 Å². The van der Waals surface area contributed by atoms with Gasteiger partial charge in [0.25, 0.3) is 0 Å². The lowest BCUT2D eigenvalue weighted by atomic mass is 9.97. The minimum Gasteiger partial charge on any atom is -0.313 e. The van der Waals surface area contributed by atoms with Gasteiger partial charge in [-0.2, -0.15) is 0 Å². The van der Waals surface area contributed by atoms with Gasteiger partial charge in [-0.15, -0.1) is 0 Å². The van der Waals surface area contributed by atoms with E-state index in [-0.39, 0.29) is 5.92 Å². The summed E-state index contributed by atoms with van der Waals surface area (Å²) >= 11 is 3.39. The molecular weight excluding hydrogens is 233 g/mol. The largest absolute Gasteiger partial charge is 0.313 e. The molecule has 0 amide bonds. The average molecular weight is 244 g/mol. The van der Waals surface area contributed by atoms with Crippen molar-refractivity contribution >= 4 is 15.9 Å². The number of rotatable bonds is 1. The van der Waals surface area contributed by atoms with Gasteiger partial charge in [0.05, 0.1) is 0 Å². The molecule has 13 heavy (non-hydrogen) atoms. The Kier molecular flexibility index (Phi) is 2.65. The van der Waals surface area contributed by atoms with E-state index in [1.54, 1.807) is 0 Å². The Balaban J connectivity index is 2.24. The first-order valence-corrected chi connectivity index (χ1v) is 5.17. The van der Waals surface area contributed by atoms with E-state index in [9.17, 15) is 4.39 Å². The van der Waals surface area contributed by atoms with E-state index in [1.165, 1.54) is 0 Å². The second-order valence-electron chi connectivity index (χ2n) is 3.34. The number of alkyl halides is 1. The van der Waals surface area contributed by atoms with Crippen molar-refractivity contribution in [1.82, 2.24) is 5.32 Å². The normalized spacial score (nSPS) is 27.8. The Morgan fingerprint density at radius 2 is 2.23 bits per heavy atom. The Labute approximate surface area is 85.5 Å². The van der Waals surface area contributed by atoms with Crippen LogP contribution in [0.5, 0.6) is 0 Å². The molecule has 1 heterocycles. The van der Waals surface area contributed by atoms with E-state index in [4.69, 9.17) is 0 Å². The van der Waals surface area contributed by atoms with Gasteiger partial charge in [0.15, 0.2) is 0 Å². The fraction of sp³-hybridized carbons (Fsp3) is 0.400. The van der Waals surface area contributed by atoms with E-state index in [0.717, 1.165) is 16.6 Å². The van der Waals surface area contributed by atoms with Gasteiger partial charge in [-0.05, 0) is 17.7 Å². The van der Waals surface area contributed by atoms with Gasteiger partial charge >= 0.3 is 0 Å². The van der Waals surface area contributed by atoms with E-state index in [1.807, 2.05) is 24.3 Å². The highest BCUT2D eigenvalue weighted by atomic mass is 79.9. The summed E-state index contributed by atoms with van der Waals surface area (Å²) in [5.74, 6) is 0.0255. The molecule has 0 spiro atoms. The van der Waals surface area contributed by atoms with Gasteiger partial charge in [0.2, 0.25) is 0 Å². The number of halogens is 2. The summed E-state index contributed by atoms with van der Waals surface area (Å²) in [6.07, 6.45) is -0.741. The van der Waals surface area contributed by atoms with Crippen LogP contribution in [0.1, 0.15) is 11.5 Å². The minimum atomic E-state index is -0.741. The highest BCUT2D eigenvalue weighted by Gasteiger charge is 2.27. The smallest absolute Gasteiger partial charge is 0.121 e. The summed E-state index contributed by atoms with van der Waals surface area (Å²) in [5, 5.41) is 3.05. The molecule has 1 fully saturated rings. The maximum atomic E-state index is 13.3. The Hall–Kier alpha value is -0.410. The lowest BCUT2D eigenvalue weighted by molar-refractivity contribution is 0.332. The van der Waals surface area contributed by atoms with Crippen molar-refractivity contribution in [3.8, 4) is 0 Å². The van der Waals surface area contributed by atoms with Crippen molar-refractivity contribution in [1.29, 1.82) is 0 Å². The molecule has 1 aliphatic heterocycles. The van der Waals surface area contributed by atoms with Gasteiger partial charge < -0.3 is 5.32 Å². The fourth-order valence-electron chi connectivity index (χ4n) is 1.71. The lowest BCUT2D eigenvalue weighted by Crippen LogP contribution is -2.10. The van der Waals surface area contributed by atoms with Gasteiger partial charge in [-0.3, -0.25) is 0 Å². The average Bonchev–Trinajstić information content (AvgIpc) is 2.51. The van der Waals surface area contributed by atoms with Gasteiger partial charge in [0.1, 0.15) is 6.17 Å². The first kappa shape index (κ1) is 9.16. The third kappa shape index (κ3) is 1.92. The third-order valence-corrected chi connectivity index (χ3v) is 2.91. The molecule has 1 N–H and O–H groups in total. The molecule has 0 aliphatic carbocycles. The zero-order chi connectivity index (χ0) is 9.26. The van der Waals surface area contributed by atoms with Crippen molar-refractivity contribution in [2.45, 2.75) is 12.1 Å². The molecular formula is C10H11BrFN. The Morgan fingerprint density at radius 1 is 1.38 bits per heavy atom. The molecule has 3 heteroatoms. The number of benzene rings is 1. The van der Waals surface area contributed by atoms with Crippen molar-refractivity contribution in [3.63, 3.8) is 0 Å². The summed E-state index contributed by atoms with van der Waals surface area (Å²) in [7, 11) is 0. The molecule has 1 aromatic carbocycles. The number of nitrogens with one attached hydrogen (secondary N) is 1. The van der Waals surface area contributed by atoms with Gasteiger partial charge in [-0.1, -0.05) is 28.1 Å².